The number of carboxylic acids is 1. The van der Waals surface area contributed by atoms with Crippen molar-refractivity contribution in [3.8, 4) is 0 Å². The van der Waals surface area contributed by atoms with Crippen molar-refractivity contribution in [3.05, 3.63) is 0 Å². The number of likely N-dealkylation sites (N-methyl/N-ethyl adjacent to an activating group) is 1. The molecule has 0 radical (unpaired) electrons. The van der Waals surface area contributed by atoms with Crippen LogP contribution in [0.4, 0.5) is 9.59 Å². The fourth-order valence-corrected chi connectivity index (χ4v) is 1.81. The number of ether oxygens (including phenoxy) is 1. The number of rotatable bonds is 3. The molecule has 1 aliphatic rings. The van der Waals surface area contributed by atoms with E-state index in [-0.39, 0.29) is 18.7 Å². The van der Waals surface area contributed by atoms with Crippen LogP contribution in [0.3, 0.4) is 0 Å². The fraction of sp³-hybridized carbons (Fsp3) is 0.727. The molecule has 0 saturated carbocycles. The van der Waals surface area contributed by atoms with Crippen molar-refractivity contribution in [2.45, 2.75) is 6.92 Å². The maximum absolute atomic E-state index is 11.9. The van der Waals surface area contributed by atoms with Crippen molar-refractivity contribution in [1.82, 2.24) is 14.7 Å². The molecule has 0 aromatic carbocycles. The zero-order valence-electron chi connectivity index (χ0n) is 11.2. The second-order valence-corrected chi connectivity index (χ2v) is 4.21. The summed E-state index contributed by atoms with van der Waals surface area (Å²) in [5.74, 6) is -1.05. The van der Waals surface area contributed by atoms with Crippen molar-refractivity contribution in [3.63, 3.8) is 0 Å². The molecule has 0 aromatic rings. The van der Waals surface area contributed by atoms with Gasteiger partial charge in [0, 0.05) is 33.2 Å². The monoisotopic (exact) mass is 273 g/mol. The van der Waals surface area contributed by atoms with Crippen molar-refractivity contribution >= 4 is 18.1 Å². The number of carboxylic acid groups (broad SMARTS) is 1. The maximum atomic E-state index is 11.9. The molecule has 0 aromatic heterocycles. The minimum Gasteiger partial charge on any atom is -0.480 e. The van der Waals surface area contributed by atoms with Gasteiger partial charge in [-0.3, -0.25) is 4.79 Å². The summed E-state index contributed by atoms with van der Waals surface area (Å²) in [6.45, 7) is 3.26. The lowest BCUT2D eigenvalue weighted by atomic mass is 10.3. The number of hydrogen-bond acceptors (Lipinski definition) is 4. The Balaban J connectivity index is 2.43. The average Bonchev–Trinajstić information content (AvgIpc) is 2.37. The third-order valence-electron chi connectivity index (χ3n) is 2.78. The van der Waals surface area contributed by atoms with Gasteiger partial charge in [0.05, 0.1) is 6.61 Å². The molecule has 0 unspecified atom stereocenters. The van der Waals surface area contributed by atoms with E-state index in [1.54, 1.807) is 6.92 Å². The van der Waals surface area contributed by atoms with E-state index in [0.717, 1.165) is 4.90 Å². The molecule has 3 amide bonds. The maximum Gasteiger partial charge on any atom is 0.409 e. The van der Waals surface area contributed by atoms with E-state index >= 15 is 0 Å². The zero-order chi connectivity index (χ0) is 14.4. The van der Waals surface area contributed by atoms with Gasteiger partial charge in [0.2, 0.25) is 0 Å². The lowest BCUT2D eigenvalue weighted by Gasteiger charge is -2.35. The Bertz CT molecular complexity index is 352. The topological polar surface area (TPSA) is 90.4 Å². The second-order valence-electron chi connectivity index (χ2n) is 4.21. The quantitative estimate of drug-likeness (QED) is 0.775. The lowest BCUT2D eigenvalue weighted by Crippen LogP contribution is -2.54. The third kappa shape index (κ3) is 4.31. The first-order chi connectivity index (χ1) is 8.95. The van der Waals surface area contributed by atoms with Gasteiger partial charge in [-0.2, -0.15) is 0 Å². The molecular formula is C11H19N3O5. The summed E-state index contributed by atoms with van der Waals surface area (Å²) in [5.41, 5.74) is 0. The van der Waals surface area contributed by atoms with E-state index < -0.39 is 5.97 Å². The standard InChI is InChI=1S/C11H19N3O5/c1-3-19-11(18)14-6-4-13(5-7-14)10(17)12(2)8-9(15)16/h3-8H2,1-2H3,(H,15,16). The number of carbonyl (C=O) groups is 3. The van der Waals surface area contributed by atoms with Gasteiger partial charge in [-0.1, -0.05) is 0 Å². The van der Waals surface area contributed by atoms with E-state index in [0.29, 0.717) is 32.8 Å². The van der Waals surface area contributed by atoms with Gasteiger partial charge in [0.15, 0.2) is 0 Å². The number of carbonyl (C=O) groups excluding carboxylic acids is 2. The largest absolute Gasteiger partial charge is 0.480 e. The van der Waals surface area contributed by atoms with E-state index in [2.05, 4.69) is 0 Å². The first kappa shape index (κ1) is 15.1. The Morgan fingerprint density at radius 3 is 2.16 bits per heavy atom. The first-order valence-corrected chi connectivity index (χ1v) is 6.09. The zero-order valence-corrected chi connectivity index (χ0v) is 11.2. The number of nitrogens with zero attached hydrogens (tertiary/aromatic N) is 3. The van der Waals surface area contributed by atoms with Crippen LogP contribution in [-0.4, -0.2) is 84.3 Å². The van der Waals surface area contributed by atoms with Crippen molar-refractivity contribution < 1.29 is 24.2 Å². The summed E-state index contributed by atoms with van der Waals surface area (Å²) in [7, 11) is 1.44. The Morgan fingerprint density at radius 2 is 1.68 bits per heavy atom. The minimum atomic E-state index is -1.05. The van der Waals surface area contributed by atoms with Crippen LogP contribution in [0.25, 0.3) is 0 Å². The Kier molecular flexibility index (Phi) is 5.40. The Morgan fingerprint density at radius 1 is 1.16 bits per heavy atom. The number of urea groups is 1. The predicted molar refractivity (Wildman–Crippen MR) is 65.8 cm³/mol. The van der Waals surface area contributed by atoms with Crippen LogP contribution in [0.1, 0.15) is 6.92 Å². The third-order valence-corrected chi connectivity index (χ3v) is 2.78. The lowest BCUT2D eigenvalue weighted by molar-refractivity contribution is -0.137. The molecule has 1 rings (SSSR count). The molecule has 8 nitrogen and oxygen atoms in total. The van der Waals surface area contributed by atoms with E-state index in [1.165, 1.54) is 16.8 Å². The highest BCUT2D eigenvalue weighted by Gasteiger charge is 2.26. The van der Waals surface area contributed by atoms with Crippen LogP contribution in [0.2, 0.25) is 0 Å². The highest BCUT2D eigenvalue weighted by Crippen LogP contribution is 2.06. The van der Waals surface area contributed by atoms with Crippen molar-refractivity contribution in [2.24, 2.45) is 0 Å². The Hall–Kier alpha value is -1.99. The normalized spacial score (nSPS) is 15.1. The van der Waals surface area contributed by atoms with Gasteiger partial charge < -0.3 is 24.5 Å². The molecular weight excluding hydrogens is 254 g/mol. The molecule has 1 saturated heterocycles. The summed E-state index contributed by atoms with van der Waals surface area (Å²) >= 11 is 0. The molecule has 1 aliphatic heterocycles. The Labute approximate surface area is 111 Å². The number of piperazine rings is 1. The fourth-order valence-electron chi connectivity index (χ4n) is 1.81. The molecule has 19 heavy (non-hydrogen) atoms. The van der Waals surface area contributed by atoms with Gasteiger partial charge in [-0.25, -0.2) is 9.59 Å². The van der Waals surface area contributed by atoms with Crippen LogP contribution < -0.4 is 0 Å². The van der Waals surface area contributed by atoms with Gasteiger partial charge in [-0.15, -0.1) is 0 Å². The smallest absolute Gasteiger partial charge is 0.409 e. The summed E-state index contributed by atoms with van der Waals surface area (Å²) in [6.07, 6.45) is -0.381. The molecule has 0 bridgehead atoms. The molecule has 1 N–H and O–H groups in total. The number of aliphatic carboxylic acids is 1. The van der Waals surface area contributed by atoms with Crippen LogP contribution in [0.5, 0.6) is 0 Å². The molecule has 108 valence electrons. The SMILES string of the molecule is CCOC(=O)N1CCN(C(=O)N(C)CC(=O)O)CC1. The van der Waals surface area contributed by atoms with Crippen molar-refractivity contribution in [1.29, 1.82) is 0 Å². The molecule has 0 atom stereocenters. The van der Waals surface area contributed by atoms with Gasteiger partial charge in [0.1, 0.15) is 6.54 Å². The second kappa shape index (κ2) is 6.81. The first-order valence-electron chi connectivity index (χ1n) is 6.09. The molecule has 1 heterocycles. The summed E-state index contributed by atoms with van der Waals surface area (Å²) < 4.78 is 4.87. The summed E-state index contributed by atoms with van der Waals surface area (Å²) in [5, 5.41) is 8.62. The van der Waals surface area contributed by atoms with Crippen LogP contribution in [0.15, 0.2) is 0 Å². The van der Waals surface area contributed by atoms with Crippen LogP contribution >= 0.6 is 0 Å². The average molecular weight is 273 g/mol. The number of amides is 3. The predicted octanol–water partition coefficient (Wildman–Crippen LogP) is -0.103. The van der Waals surface area contributed by atoms with Gasteiger partial charge >= 0.3 is 18.1 Å². The van der Waals surface area contributed by atoms with E-state index in [9.17, 15) is 14.4 Å². The van der Waals surface area contributed by atoms with E-state index in [4.69, 9.17) is 9.84 Å². The summed E-state index contributed by atoms with van der Waals surface area (Å²) in [4.78, 5) is 38.1. The molecule has 0 aliphatic carbocycles. The highest BCUT2D eigenvalue weighted by molar-refractivity contribution is 5.80. The summed E-state index contributed by atoms with van der Waals surface area (Å²) in [6, 6.07) is -0.342. The van der Waals surface area contributed by atoms with Gasteiger partial charge in [-0.05, 0) is 6.92 Å². The van der Waals surface area contributed by atoms with Crippen LogP contribution in [-0.2, 0) is 9.53 Å². The highest BCUT2D eigenvalue weighted by atomic mass is 16.6. The number of hydrogen-bond donors (Lipinski definition) is 1. The van der Waals surface area contributed by atoms with Crippen LogP contribution in [0, 0.1) is 0 Å². The minimum absolute atomic E-state index is 0.319. The van der Waals surface area contributed by atoms with Gasteiger partial charge in [0.25, 0.3) is 0 Å². The van der Waals surface area contributed by atoms with E-state index in [1.807, 2.05) is 0 Å². The molecule has 0 spiro atoms. The van der Waals surface area contributed by atoms with Crippen molar-refractivity contribution in [2.75, 3.05) is 46.4 Å². The molecule has 8 heteroatoms. The molecule has 1 fully saturated rings.